The van der Waals surface area contributed by atoms with Crippen molar-refractivity contribution in [1.82, 2.24) is 15.3 Å². The van der Waals surface area contributed by atoms with Gasteiger partial charge in [0.15, 0.2) is 0 Å². The van der Waals surface area contributed by atoms with Gasteiger partial charge in [-0.2, -0.15) is 0 Å². The van der Waals surface area contributed by atoms with Crippen molar-refractivity contribution in [2.75, 3.05) is 23.7 Å². The predicted molar refractivity (Wildman–Crippen MR) is 122 cm³/mol. The first-order chi connectivity index (χ1) is 14.6. The van der Waals surface area contributed by atoms with E-state index in [4.69, 9.17) is 5.73 Å². The third kappa shape index (κ3) is 3.62. The van der Waals surface area contributed by atoms with Crippen LogP contribution in [0.4, 0.5) is 11.4 Å². The third-order valence-electron chi connectivity index (χ3n) is 6.24. The van der Waals surface area contributed by atoms with Crippen LogP contribution in [-0.4, -0.2) is 35.0 Å². The second-order valence-electron chi connectivity index (χ2n) is 8.42. The minimum Gasteiger partial charge on any atom is -0.396 e. The molecule has 1 aliphatic heterocycles. The van der Waals surface area contributed by atoms with E-state index in [2.05, 4.69) is 38.4 Å². The number of aryl methyl sites for hydroxylation is 2. The molecule has 1 aliphatic carbocycles. The number of amides is 1. The maximum atomic E-state index is 12.9. The fourth-order valence-corrected chi connectivity index (χ4v) is 5.60. The standard InChI is InChI=1S/C23H27N5OS/c1-14-13-25-20-19(24)21(30-23(20)26-14)22(29)27-17-7-5-16-12-18(8-6-15(16)11-17)28-9-3-2-4-10-28/h6,8,12-13,17H,2-5,7,9-11,24H2,1H3,(H,27,29)/t17-/m0/s1. The molecule has 0 radical (unpaired) electrons. The van der Waals surface area contributed by atoms with Gasteiger partial charge in [0.1, 0.15) is 15.2 Å². The van der Waals surface area contributed by atoms with Gasteiger partial charge in [-0.05, 0) is 68.7 Å². The second-order valence-corrected chi connectivity index (χ2v) is 9.42. The van der Waals surface area contributed by atoms with Crippen LogP contribution in [0.2, 0.25) is 0 Å². The number of rotatable bonds is 3. The monoisotopic (exact) mass is 421 g/mol. The van der Waals surface area contributed by atoms with Crippen molar-refractivity contribution >= 4 is 39.0 Å². The molecule has 3 heterocycles. The SMILES string of the molecule is Cc1cnc2c(N)c(C(=O)N[C@H]3CCc4cc(N5CCCCC5)ccc4C3)sc2n1. The van der Waals surface area contributed by atoms with Gasteiger partial charge < -0.3 is 16.0 Å². The van der Waals surface area contributed by atoms with Crippen LogP contribution in [-0.2, 0) is 12.8 Å². The van der Waals surface area contributed by atoms with Crippen LogP contribution in [0.15, 0.2) is 24.4 Å². The minimum absolute atomic E-state index is 0.117. The molecule has 1 saturated heterocycles. The fourth-order valence-electron chi connectivity index (χ4n) is 4.60. The zero-order valence-electron chi connectivity index (χ0n) is 17.3. The van der Waals surface area contributed by atoms with Crippen molar-refractivity contribution in [1.29, 1.82) is 0 Å². The molecule has 6 nitrogen and oxygen atoms in total. The largest absolute Gasteiger partial charge is 0.396 e. The summed E-state index contributed by atoms with van der Waals surface area (Å²) in [6.45, 7) is 4.22. The number of nitrogens with one attached hydrogen (secondary N) is 1. The second kappa shape index (κ2) is 7.87. The van der Waals surface area contributed by atoms with Crippen LogP contribution in [0.25, 0.3) is 10.3 Å². The quantitative estimate of drug-likeness (QED) is 0.671. The summed E-state index contributed by atoms with van der Waals surface area (Å²) in [6.07, 6.45) is 8.41. The highest BCUT2D eigenvalue weighted by molar-refractivity contribution is 7.21. The summed E-state index contributed by atoms with van der Waals surface area (Å²) in [5.41, 5.74) is 12.2. The number of nitrogens with zero attached hydrogens (tertiary/aromatic N) is 3. The molecule has 0 unspecified atom stereocenters. The Balaban J connectivity index is 1.29. The number of thiophene rings is 1. The van der Waals surface area contributed by atoms with E-state index in [9.17, 15) is 4.79 Å². The lowest BCUT2D eigenvalue weighted by molar-refractivity contribution is 0.0938. The minimum atomic E-state index is -0.117. The highest BCUT2D eigenvalue weighted by Crippen LogP contribution is 2.32. The van der Waals surface area contributed by atoms with Crippen molar-refractivity contribution in [3.63, 3.8) is 0 Å². The summed E-state index contributed by atoms with van der Waals surface area (Å²) in [6, 6.07) is 6.99. The van der Waals surface area contributed by atoms with Gasteiger partial charge in [-0.3, -0.25) is 4.79 Å². The first-order valence-corrected chi connectivity index (χ1v) is 11.6. The number of piperidine rings is 1. The van der Waals surface area contributed by atoms with Gasteiger partial charge in [-0.1, -0.05) is 6.07 Å². The number of hydrogen-bond donors (Lipinski definition) is 2. The molecule has 0 bridgehead atoms. The molecule has 3 aromatic rings. The molecule has 3 N–H and O–H groups in total. The highest BCUT2D eigenvalue weighted by Gasteiger charge is 2.25. The molecule has 5 rings (SSSR count). The van der Waals surface area contributed by atoms with Crippen molar-refractivity contribution in [3.05, 3.63) is 46.1 Å². The lowest BCUT2D eigenvalue weighted by Crippen LogP contribution is -2.39. The van der Waals surface area contributed by atoms with Gasteiger partial charge in [0.25, 0.3) is 5.91 Å². The molecule has 1 amide bonds. The zero-order valence-corrected chi connectivity index (χ0v) is 18.1. The molecule has 1 aromatic carbocycles. The number of nitrogens with two attached hydrogens (primary N) is 1. The number of aromatic nitrogens is 2. The van der Waals surface area contributed by atoms with E-state index in [1.165, 1.54) is 47.4 Å². The number of hydrogen-bond acceptors (Lipinski definition) is 6. The van der Waals surface area contributed by atoms with Gasteiger partial charge >= 0.3 is 0 Å². The number of anilines is 2. The predicted octanol–water partition coefficient (Wildman–Crippen LogP) is 3.86. The van der Waals surface area contributed by atoms with E-state index >= 15 is 0 Å². The number of carbonyl (C=O) groups is 1. The van der Waals surface area contributed by atoms with E-state index < -0.39 is 0 Å². The Hall–Kier alpha value is -2.67. The van der Waals surface area contributed by atoms with Crippen molar-refractivity contribution < 1.29 is 4.79 Å². The summed E-state index contributed by atoms with van der Waals surface area (Å²) in [5, 5.41) is 3.20. The van der Waals surface area contributed by atoms with Gasteiger partial charge in [-0.25, -0.2) is 9.97 Å². The average Bonchev–Trinajstić information content (AvgIpc) is 3.09. The van der Waals surface area contributed by atoms with Crippen LogP contribution in [0, 0.1) is 6.92 Å². The molecule has 30 heavy (non-hydrogen) atoms. The number of benzene rings is 1. The molecule has 1 fully saturated rings. The molecule has 0 spiro atoms. The molecular weight excluding hydrogens is 394 g/mol. The molecule has 7 heteroatoms. The van der Waals surface area contributed by atoms with E-state index in [1.807, 2.05) is 6.92 Å². The lowest BCUT2D eigenvalue weighted by Gasteiger charge is -2.31. The van der Waals surface area contributed by atoms with Gasteiger partial charge in [0.05, 0.1) is 11.4 Å². The van der Waals surface area contributed by atoms with Crippen molar-refractivity contribution in [3.8, 4) is 0 Å². The maximum Gasteiger partial charge on any atom is 0.263 e. The van der Waals surface area contributed by atoms with Crippen molar-refractivity contribution in [2.24, 2.45) is 0 Å². The summed E-state index contributed by atoms with van der Waals surface area (Å²) < 4.78 is 0. The van der Waals surface area contributed by atoms with Crippen LogP contribution in [0.1, 0.15) is 52.2 Å². The summed E-state index contributed by atoms with van der Waals surface area (Å²) in [7, 11) is 0. The maximum absolute atomic E-state index is 12.9. The van der Waals surface area contributed by atoms with Gasteiger partial charge in [0.2, 0.25) is 0 Å². The van der Waals surface area contributed by atoms with Crippen LogP contribution in [0.5, 0.6) is 0 Å². The molecular formula is C23H27N5OS. The molecule has 0 saturated carbocycles. The zero-order chi connectivity index (χ0) is 20.7. The Morgan fingerprint density at radius 1 is 1.23 bits per heavy atom. The Labute approximate surface area is 180 Å². The topological polar surface area (TPSA) is 84.1 Å². The number of carbonyl (C=O) groups excluding carboxylic acids is 1. The summed E-state index contributed by atoms with van der Waals surface area (Å²) >= 11 is 1.32. The van der Waals surface area contributed by atoms with Gasteiger partial charge in [0, 0.05) is 31.0 Å². The normalized spacial score (nSPS) is 19.0. The lowest BCUT2D eigenvalue weighted by atomic mass is 9.87. The smallest absolute Gasteiger partial charge is 0.263 e. The average molecular weight is 422 g/mol. The fraction of sp³-hybridized carbons (Fsp3) is 0.435. The Kier molecular flexibility index (Phi) is 5.06. The van der Waals surface area contributed by atoms with Crippen LogP contribution in [0.3, 0.4) is 0 Å². The van der Waals surface area contributed by atoms with E-state index in [1.54, 1.807) is 6.20 Å². The van der Waals surface area contributed by atoms with E-state index in [0.29, 0.717) is 16.1 Å². The first-order valence-electron chi connectivity index (χ1n) is 10.8. The molecule has 2 aromatic heterocycles. The van der Waals surface area contributed by atoms with E-state index in [-0.39, 0.29) is 11.9 Å². The molecule has 1 atom stereocenters. The third-order valence-corrected chi connectivity index (χ3v) is 7.33. The Morgan fingerprint density at radius 3 is 2.90 bits per heavy atom. The summed E-state index contributed by atoms with van der Waals surface area (Å²) in [5.74, 6) is -0.117. The van der Waals surface area contributed by atoms with Gasteiger partial charge in [-0.15, -0.1) is 11.3 Å². The van der Waals surface area contributed by atoms with Crippen LogP contribution >= 0.6 is 11.3 Å². The van der Waals surface area contributed by atoms with Crippen molar-refractivity contribution in [2.45, 2.75) is 51.5 Å². The Morgan fingerprint density at radius 2 is 2.07 bits per heavy atom. The number of nitrogen functional groups attached to an aromatic ring is 1. The highest BCUT2D eigenvalue weighted by atomic mass is 32.1. The van der Waals surface area contributed by atoms with Crippen LogP contribution < -0.4 is 16.0 Å². The Bertz CT molecular complexity index is 1100. The molecule has 156 valence electrons. The summed E-state index contributed by atoms with van der Waals surface area (Å²) in [4.78, 5) is 25.5. The number of fused-ring (bicyclic) bond motifs is 2. The van der Waals surface area contributed by atoms with E-state index in [0.717, 1.165) is 42.9 Å². The molecule has 2 aliphatic rings. The first kappa shape index (κ1) is 19.3.